The Bertz CT molecular complexity index is 1100. The molecule has 3 aromatic heterocycles. The minimum atomic E-state index is 0.465. The average molecular weight is 390 g/mol. The predicted molar refractivity (Wildman–Crippen MR) is 114 cm³/mol. The third-order valence-electron chi connectivity index (χ3n) is 5.48. The molecule has 4 aromatic rings. The van der Waals surface area contributed by atoms with Gasteiger partial charge in [0.25, 0.3) is 0 Å². The highest BCUT2D eigenvalue weighted by Crippen LogP contribution is 2.34. The lowest BCUT2D eigenvalue weighted by Crippen LogP contribution is -2.21. The Morgan fingerprint density at radius 1 is 1.04 bits per heavy atom. The molecule has 28 heavy (non-hydrogen) atoms. The number of hydrogen-bond donors (Lipinski definition) is 0. The van der Waals surface area contributed by atoms with E-state index >= 15 is 0 Å². The number of furan rings is 1. The molecule has 0 spiro atoms. The smallest absolute Gasteiger partial charge is 0.190 e. The van der Waals surface area contributed by atoms with Gasteiger partial charge < -0.3 is 8.98 Å². The Hall–Kier alpha value is -2.66. The number of thiazole rings is 1. The van der Waals surface area contributed by atoms with Gasteiger partial charge in [0, 0.05) is 23.0 Å². The van der Waals surface area contributed by atoms with Crippen LogP contribution in [0.1, 0.15) is 44.6 Å². The van der Waals surface area contributed by atoms with Crippen LogP contribution >= 0.6 is 11.3 Å². The fourth-order valence-electron chi connectivity index (χ4n) is 4.09. The van der Waals surface area contributed by atoms with Crippen LogP contribution in [0, 0.1) is 0 Å². The monoisotopic (exact) mass is 389 g/mol. The quantitative estimate of drug-likeness (QED) is 0.376. The van der Waals surface area contributed by atoms with Crippen molar-refractivity contribution in [2.24, 2.45) is 4.99 Å². The lowest BCUT2D eigenvalue weighted by Gasteiger charge is -2.19. The van der Waals surface area contributed by atoms with Crippen LogP contribution in [0.3, 0.4) is 0 Å². The number of para-hydroxylation sites is 1. The van der Waals surface area contributed by atoms with E-state index in [2.05, 4.69) is 33.1 Å². The summed E-state index contributed by atoms with van der Waals surface area (Å²) in [5.41, 5.74) is 2.96. The second-order valence-corrected chi connectivity index (χ2v) is 8.23. The lowest BCUT2D eigenvalue weighted by molar-refractivity contribution is 0.435. The minimum absolute atomic E-state index is 0.465. The second kappa shape index (κ2) is 7.76. The maximum atomic E-state index is 6.21. The summed E-state index contributed by atoms with van der Waals surface area (Å²) in [7, 11) is 0. The van der Waals surface area contributed by atoms with E-state index in [1.54, 1.807) is 17.5 Å². The number of pyridine rings is 1. The van der Waals surface area contributed by atoms with Crippen LogP contribution in [0.15, 0.2) is 69.6 Å². The number of benzene rings is 1. The molecule has 0 radical (unpaired) electrons. The maximum Gasteiger partial charge on any atom is 0.190 e. The topological polar surface area (TPSA) is 43.3 Å². The molecule has 0 saturated heterocycles. The first-order valence-corrected chi connectivity index (χ1v) is 10.9. The highest BCUT2D eigenvalue weighted by atomic mass is 32.1. The third kappa shape index (κ3) is 3.42. The molecular weight excluding hydrogens is 366 g/mol. The summed E-state index contributed by atoms with van der Waals surface area (Å²) in [5, 5.41) is 3.33. The van der Waals surface area contributed by atoms with E-state index < -0.39 is 0 Å². The Morgan fingerprint density at radius 2 is 1.89 bits per heavy atom. The van der Waals surface area contributed by atoms with Crippen molar-refractivity contribution >= 4 is 28.0 Å². The van der Waals surface area contributed by atoms with Gasteiger partial charge in [-0.25, -0.2) is 4.99 Å². The number of fused-ring (bicyclic) bond motifs is 1. The van der Waals surface area contributed by atoms with Crippen molar-refractivity contribution in [3.63, 3.8) is 0 Å². The summed E-state index contributed by atoms with van der Waals surface area (Å²) >= 11 is 1.68. The molecule has 3 heterocycles. The van der Waals surface area contributed by atoms with Crippen LogP contribution in [0.5, 0.6) is 0 Å². The van der Waals surface area contributed by atoms with Crippen LogP contribution in [0.4, 0.5) is 5.69 Å². The molecule has 0 atom stereocenters. The molecule has 1 aliphatic rings. The Kier molecular flexibility index (Phi) is 4.83. The van der Waals surface area contributed by atoms with Gasteiger partial charge in [-0.3, -0.25) is 4.98 Å². The van der Waals surface area contributed by atoms with E-state index in [0.29, 0.717) is 6.04 Å². The predicted octanol–water partition coefficient (Wildman–Crippen LogP) is 6.49. The summed E-state index contributed by atoms with van der Waals surface area (Å²) < 4.78 is 8.63. The van der Waals surface area contributed by atoms with Gasteiger partial charge in [0.1, 0.15) is 5.58 Å². The van der Waals surface area contributed by atoms with Gasteiger partial charge in [-0.1, -0.05) is 43.9 Å². The van der Waals surface area contributed by atoms with Crippen LogP contribution in [0.2, 0.25) is 0 Å². The zero-order chi connectivity index (χ0) is 18.8. The molecule has 0 amide bonds. The standard InChI is InChI=1S/C23H23N3OS/c1-2-4-11-19(10-3-1)26-20(22-14-17-8-5-6-12-21(17)27-22)16-28-23(26)25-18-9-7-13-24-15-18/h5-9,12-16,19H,1-4,10-11H2. The Labute approximate surface area is 168 Å². The van der Waals surface area contributed by atoms with Crippen molar-refractivity contribution in [2.45, 2.75) is 44.6 Å². The third-order valence-corrected chi connectivity index (χ3v) is 6.32. The molecule has 1 saturated carbocycles. The van der Waals surface area contributed by atoms with Gasteiger partial charge in [-0.15, -0.1) is 11.3 Å². The molecule has 0 aliphatic heterocycles. The Morgan fingerprint density at radius 3 is 2.68 bits per heavy atom. The lowest BCUT2D eigenvalue weighted by atomic mass is 10.1. The first-order valence-electron chi connectivity index (χ1n) is 10.0. The van der Waals surface area contributed by atoms with Crippen molar-refractivity contribution in [2.75, 3.05) is 0 Å². The Balaban J connectivity index is 1.67. The molecule has 5 heteroatoms. The van der Waals surface area contributed by atoms with E-state index in [-0.39, 0.29) is 0 Å². The van der Waals surface area contributed by atoms with Crippen LogP contribution in [-0.2, 0) is 0 Å². The van der Waals surface area contributed by atoms with E-state index in [0.717, 1.165) is 32.9 Å². The average Bonchev–Trinajstić information content (AvgIpc) is 3.24. The largest absolute Gasteiger partial charge is 0.454 e. The molecule has 0 N–H and O–H groups in total. The van der Waals surface area contributed by atoms with Gasteiger partial charge in [-0.2, -0.15) is 0 Å². The molecule has 142 valence electrons. The number of rotatable bonds is 3. The van der Waals surface area contributed by atoms with Gasteiger partial charge in [0.15, 0.2) is 10.6 Å². The second-order valence-electron chi connectivity index (χ2n) is 7.39. The molecule has 0 unspecified atom stereocenters. The molecule has 1 aromatic carbocycles. The molecule has 1 aliphatic carbocycles. The van der Waals surface area contributed by atoms with E-state index in [9.17, 15) is 0 Å². The summed E-state index contributed by atoms with van der Waals surface area (Å²) in [6.07, 6.45) is 11.2. The zero-order valence-electron chi connectivity index (χ0n) is 15.8. The van der Waals surface area contributed by atoms with Crippen LogP contribution < -0.4 is 4.80 Å². The number of hydrogen-bond acceptors (Lipinski definition) is 4. The van der Waals surface area contributed by atoms with E-state index in [1.807, 2.05) is 30.5 Å². The first-order chi connectivity index (χ1) is 13.9. The van der Waals surface area contributed by atoms with Crippen molar-refractivity contribution in [3.8, 4) is 11.5 Å². The molecule has 1 fully saturated rings. The number of aromatic nitrogens is 2. The maximum absolute atomic E-state index is 6.21. The number of nitrogens with zero attached hydrogens (tertiary/aromatic N) is 3. The van der Waals surface area contributed by atoms with Crippen molar-refractivity contribution in [3.05, 3.63) is 65.0 Å². The van der Waals surface area contributed by atoms with Gasteiger partial charge >= 0.3 is 0 Å². The molecule has 0 bridgehead atoms. The molecule has 5 rings (SSSR count). The molecular formula is C23H23N3OS. The van der Waals surface area contributed by atoms with Crippen LogP contribution in [-0.4, -0.2) is 9.55 Å². The normalized spacial score (nSPS) is 16.5. The van der Waals surface area contributed by atoms with Gasteiger partial charge in [0.05, 0.1) is 17.6 Å². The van der Waals surface area contributed by atoms with Crippen molar-refractivity contribution < 1.29 is 4.42 Å². The molecule has 4 nitrogen and oxygen atoms in total. The fraction of sp³-hybridized carbons (Fsp3) is 0.304. The van der Waals surface area contributed by atoms with E-state index in [1.165, 1.54) is 38.5 Å². The van der Waals surface area contributed by atoms with E-state index in [4.69, 9.17) is 9.41 Å². The van der Waals surface area contributed by atoms with Crippen LogP contribution in [0.25, 0.3) is 22.4 Å². The highest BCUT2D eigenvalue weighted by molar-refractivity contribution is 7.07. The summed E-state index contributed by atoms with van der Waals surface area (Å²) in [5.74, 6) is 0.925. The van der Waals surface area contributed by atoms with Crippen molar-refractivity contribution in [1.82, 2.24) is 9.55 Å². The van der Waals surface area contributed by atoms with Gasteiger partial charge in [0.2, 0.25) is 0 Å². The fourth-order valence-corrected chi connectivity index (χ4v) is 5.06. The SMILES string of the molecule is c1cncc(N=c2scc(-c3cc4ccccc4o3)n2C2CCCCCC2)c1. The summed E-state index contributed by atoms with van der Waals surface area (Å²) in [6, 6.07) is 14.8. The zero-order valence-corrected chi connectivity index (χ0v) is 16.6. The first kappa shape index (κ1) is 17.4. The highest BCUT2D eigenvalue weighted by Gasteiger charge is 2.21. The summed E-state index contributed by atoms with van der Waals surface area (Å²) in [6.45, 7) is 0. The van der Waals surface area contributed by atoms with Gasteiger partial charge in [-0.05, 0) is 37.1 Å². The summed E-state index contributed by atoms with van der Waals surface area (Å²) in [4.78, 5) is 10.2. The minimum Gasteiger partial charge on any atom is -0.454 e. The van der Waals surface area contributed by atoms with Crippen molar-refractivity contribution in [1.29, 1.82) is 0 Å².